The first-order chi connectivity index (χ1) is 12.0. The third-order valence-electron chi connectivity index (χ3n) is 3.80. The average Bonchev–Trinajstić information content (AvgIpc) is 2.82. The van der Waals surface area contributed by atoms with Gasteiger partial charge in [0.15, 0.2) is 0 Å². The van der Waals surface area contributed by atoms with Gasteiger partial charge in [-0.1, -0.05) is 35.3 Å². The Hall–Kier alpha value is -2.55. The maximum absolute atomic E-state index is 12.3. The first-order valence-corrected chi connectivity index (χ1v) is 8.21. The van der Waals surface area contributed by atoms with Gasteiger partial charge in [-0.25, -0.2) is 0 Å². The van der Waals surface area contributed by atoms with Crippen LogP contribution in [0.15, 0.2) is 36.4 Å². The van der Waals surface area contributed by atoms with Crippen molar-refractivity contribution in [3.05, 3.63) is 63.1 Å². The highest BCUT2D eigenvalue weighted by Crippen LogP contribution is 2.31. The van der Waals surface area contributed by atoms with E-state index in [2.05, 4.69) is 6.07 Å². The minimum atomic E-state index is -0.411. The fraction of sp³-hybridized carbons (Fsp3) is 0.167. The van der Waals surface area contributed by atoms with Crippen molar-refractivity contribution in [3.63, 3.8) is 0 Å². The van der Waals surface area contributed by atoms with Gasteiger partial charge >= 0.3 is 0 Å². The summed E-state index contributed by atoms with van der Waals surface area (Å²) in [7, 11) is 0. The van der Waals surface area contributed by atoms with E-state index in [-0.39, 0.29) is 34.3 Å². The number of nitriles is 1. The zero-order chi connectivity index (χ0) is 18.0. The lowest BCUT2D eigenvalue weighted by atomic mass is 10.1. The van der Waals surface area contributed by atoms with E-state index >= 15 is 0 Å². The van der Waals surface area contributed by atoms with Gasteiger partial charge in [0.05, 0.1) is 40.2 Å². The van der Waals surface area contributed by atoms with E-state index in [0.29, 0.717) is 12.2 Å². The smallest absolute Gasteiger partial charge is 0.261 e. The summed E-state index contributed by atoms with van der Waals surface area (Å²) in [5.74, 6) is -0.220. The lowest BCUT2D eigenvalue weighted by Gasteiger charge is -2.14. The van der Waals surface area contributed by atoms with Crippen molar-refractivity contribution in [2.45, 2.75) is 6.42 Å². The van der Waals surface area contributed by atoms with E-state index < -0.39 is 11.8 Å². The molecule has 2 amide bonds. The highest BCUT2D eigenvalue weighted by atomic mass is 35.5. The number of fused-ring (bicyclic) bond motifs is 1. The van der Waals surface area contributed by atoms with Crippen LogP contribution in [-0.2, 0) is 6.42 Å². The van der Waals surface area contributed by atoms with Gasteiger partial charge in [0, 0.05) is 0 Å². The second-order valence-electron chi connectivity index (χ2n) is 5.40. The van der Waals surface area contributed by atoms with Crippen molar-refractivity contribution < 1.29 is 14.3 Å². The minimum Gasteiger partial charge on any atom is -0.492 e. The molecule has 3 rings (SSSR count). The molecule has 0 radical (unpaired) electrons. The predicted octanol–water partition coefficient (Wildman–Crippen LogP) is 3.73. The topological polar surface area (TPSA) is 70.4 Å². The number of halogens is 2. The maximum Gasteiger partial charge on any atom is 0.261 e. The quantitative estimate of drug-likeness (QED) is 0.747. The van der Waals surface area contributed by atoms with Gasteiger partial charge < -0.3 is 4.74 Å². The van der Waals surface area contributed by atoms with Crippen LogP contribution >= 0.6 is 23.2 Å². The Morgan fingerprint density at radius 2 is 1.56 bits per heavy atom. The molecule has 0 spiro atoms. The van der Waals surface area contributed by atoms with Crippen LogP contribution in [0.2, 0.25) is 10.0 Å². The van der Waals surface area contributed by atoms with Gasteiger partial charge in [-0.2, -0.15) is 5.26 Å². The Morgan fingerprint density at radius 3 is 2.08 bits per heavy atom. The number of rotatable bonds is 5. The van der Waals surface area contributed by atoms with Crippen LogP contribution in [0.3, 0.4) is 0 Å². The van der Waals surface area contributed by atoms with Crippen LogP contribution in [0.5, 0.6) is 5.75 Å². The van der Waals surface area contributed by atoms with E-state index in [1.165, 1.54) is 12.1 Å². The van der Waals surface area contributed by atoms with E-state index in [1.807, 2.05) is 0 Å². The van der Waals surface area contributed by atoms with Gasteiger partial charge in [0.2, 0.25) is 0 Å². The molecule has 0 unspecified atom stereocenters. The highest BCUT2D eigenvalue weighted by Gasteiger charge is 2.36. The van der Waals surface area contributed by atoms with Crippen molar-refractivity contribution >= 4 is 35.0 Å². The van der Waals surface area contributed by atoms with Gasteiger partial charge in [-0.15, -0.1) is 0 Å². The van der Waals surface area contributed by atoms with E-state index in [0.717, 1.165) is 10.5 Å². The van der Waals surface area contributed by atoms with E-state index in [1.54, 1.807) is 24.3 Å². The summed E-state index contributed by atoms with van der Waals surface area (Å²) in [5, 5.41) is 9.11. The fourth-order valence-corrected chi connectivity index (χ4v) is 2.86. The molecule has 25 heavy (non-hydrogen) atoms. The van der Waals surface area contributed by atoms with Crippen LogP contribution in [0.25, 0.3) is 0 Å². The van der Waals surface area contributed by atoms with Gasteiger partial charge in [0.25, 0.3) is 11.8 Å². The summed E-state index contributed by atoms with van der Waals surface area (Å²) in [6.45, 7) is 0.270. The second kappa shape index (κ2) is 7.14. The van der Waals surface area contributed by atoms with Gasteiger partial charge in [-0.05, 0) is 29.8 Å². The normalized spacial score (nSPS) is 12.9. The standard InChI is InChI=1S/C18H12Cl2N2O3/c19-15-9-13-14(10-16(15)20)18(24)22(17(13)23)7-8-25-12-3-1-11(2-4-12)5-6-21/h1-4,9-10H,5,7-8H2. The zero-order valence-electron chi connectivity index (χ0n) is 13.0. The lowest BCUT2D eigenvalue weighted by Crippen LogP contribution is -2.33. The second-order valence-corrected chi connectivity index (χ2v) is 6.22. The average molecular weight is 375 g/mol. The largest absolute Gasteiger partial charge is 0.492 e. The third kappa shape index (κ3) is 3.46. The minimum absolute atomic E-state index is 0.113. The van der Waals surface area contributed by atoms with Crippen LogP contribution in [0.4, 0.5) is 0 Å². The number of nitrogens with zero attached hydrogens (tertiary/aromatic N) is 2. The van der Waals surface area contributed by atoms with Gasteiger partial charge in [0.1, 0.15) is 12.4 Å². The maximum atomic E-state index is 12.3. The molecule has 0 saturated carbocycles. The molecule has 0 bridgehead atoms. The molecule has 0 aromatic heterocycles. The Balaban J connectivity index is 1.63. The Kier molecular flexibility index (Phi) is 4.93. The first kappa shape index (κ1) is 17.3. The number of hydrogen-bond acceptors (Lipinski definition) is 4. The van der Waals surface area contributed by atoms with Crippen LogP contribution in [-0.4, -0.2) is 29.9 Å². The summed E-state index contributed by atoms with van der Waals surface area (Å²) >= 11 is 11.8. The molecular formula is C18H12Cl2N2O3. The Morgan fingerprint density at radius 1 is 1.00 bits per heavy atom. The molecule has 2 aromatic carbocycles. The third-order valence-corrected chi connectivity index (χ3v) is 4.52. The molecule has 0 atom stereocenters. The summed E-state index contributed by atoms with van der Waals surface area (Å²) in [5.41, 5.74) is 1.39. The predicted molar refractivity (Wildman–Crippen MR) is 93.1 cm³/mol. The molecule has 0 N–H and O–H groups in total. The Labute approximate surface area is 154 Å². The molecule has 7 heteroatoms. The van der Waals surface area contributed by atoms with Crippen molar-refractivity contribution in [1.82, 2.24) is 4.90 Å². The molecular weight excluding hydrogens is 363 g/mol. The van der Waals surface area contributed by atoms with Crippen molar-refractivity contribution in [2.75, 3.05) is 13.2 Å². The molecule has 0 saturated heterocycles. The molecule has 126 valence electrons. The summed E-state index contributed by atoms with van der Waals surface area (Å²) in [6.07, 6.45) is 0.334. The SMILES string of the molecule is N#CCc1ccc(OCCN2C(=O)c3cc(Cl)c(Cl)cc3C2=O)cc1. The molecule has 0 fully saturated rings. The summed E-state index contributed by atoms with van der Waals surface area (Å²) in [4.78, 5) is 25.8. The molecule has 5 nitrogen and oxygen atoms in total. The highest BCUT2D eigenvalue weighted by molar-refractivity contribution is 6.43. The van der Waals surface area contributed by atoms with E-state index in [4.69, 9.17) is 33.2 Å². The van der Waals surface area contributed by atoms with Crippen molar-refractivity contribution in [2.24, 2.45) is 0 Å². The molecule has 2 aromatic rings. The van der Waals surface area contributed by atoms with Crippen molar-refractivity contribution in [3.8, 4) is 11.8 Å². The van der Waals surface area contributed by atoms with Crippen LogP contribution in [0, 0.1) is 11.3 Å². The van der Waals surface area contributed by atoms with Crippen LogP contribution in [0.1, 0.15) is 26.3 Å². The fourth-order valence-electron chi connectivity index (χ4n) is 2.54. The first-order valence-electron chi connectivity index (χ1n) is 7.45. The monoisotopic (exact) mass is 374 g/mol. The van der Waals surface area contributed by atoms with Gasteiger partial charge in [-0.3, -0.25) is 14.5 Å². The number of carbonyl (C=O) groups excluding carboxylic acids is 2. The number of ether oxygens (including phenoxy) is 1. The molecule has 1 aliphatic heterocycles. The number of amides is 2. The lowest BCUT2D eigenvalue weighted by molar-refractivity contribution is 0.0631. The molecule has 0 aliphatic carbocycles. The molecule has 1 heterocycles. The summed E-state index contributed by atoms with van der Waals surface area (Å²) in [6, 6.07) is 12.0. The number of hydrogen-bond donors (Lipinski definition) is 0. The molecule has 1 aliphatic rings. The van der Waals surface area contributed by atoms with Crippen LogP contribution < -0.4 is 4.74 Å². The van der Waals surface area contributed by atoms with Crippen molar-refractivity contribution in [1.29, 1.82) is 5.26 Å². The summed E-state index contributed by atoms with van der Waals surface area (Å²) < 4.78 is 5.56. The number of carbonyl (C=O) groups is 2. The zero-order valence-corrected chi connectivity index (χ0v) is 14.5. The Bertz CT molecular complexity index is 847. The number of benzene rings is 2. The van der Waals surface area contributed by atoms with E-state index in [9.17, 15) is 9.59 Å². The number of imide groups is 1.